The highest BCUT2D eigenvalue weighted by Crippen LogP contribution is 2.19. The van der Waals surface area contributed by atoms with E-state index in [9.17, 15) is 9.59 Å². The maximum absolute atomic E-state index is 11.9. The second-order valence-electron chi connectivity index (χ2n) is 5.35. The Labute approximate surface area is 133 Å². The quantitative estimate of drug-likeness (QED) is 0.713. The van der Waals surface area contributed by atoms with Gasteiger partial charge in [-0.05, 0) is 44.6 Å². The first kappa shape index (κ1) is 16.2. The van der Waals surface area contributed by atoms with Crippen molar-refractivity contribution in [2.24, 2.45) is 0 Å². The largest absolute Gasteiger partial charge is 0.429 e. The number of hydrogen-bond donors (Lipinski definition) is 3. The maximum atomic E-state index is 11.9. The second kappa shape index (κ2) is 7.22. The molecule has 0 bridgehead atoms. The predicted octanol–water partition coefficient (Wildman–Crippen LogP) is 3.12. The number of H-pyrrole nitrogens is 1. The van der Waals surface area contributed by atoms with Crippen molar-refractivity contribution in [1.82, 2.24) is 10.3 Å². The van der Waals surface area contributed by atoms with E-state index in [0.29, 0.717) is 35.4 Å². The Hall–Kier alpha value is -2.15. The SMILES string of the molecule is CC(C)NC(=O)CCCC(=O)Nc1ccc2[nH]c(=S)oc2c1. The number of nitrogens with one attached hydrogen (secondary N) is 3. The lowest BCUT2D eigenvalue weighted by molar-refractivity contribution is -0.121. The monoisotopic (exact) mass is 321 g/mol. The van der Waals surface area contributed by atoms with Crippen LogP contribution in [0.5, 0.6) is 0 Å². The predicted molar refractivity (Wildman–Crippen MR) is 87.2 cm³/mol. The summed E-state index contributed by atoms with van der Waals surface area (Å²) in [5, 5.41) is 5.57. The number of rotatable bonds is 6. The van der Waals surface area contributed by atoms with E-state index in [0.717, 1.165) is 5.52 Å². The molecule has 7 heteroatoms. The van der Waals surface area contributed by atoms with Crippen LogP contribution in [0.25, 0.3) is 11.1 Å². The van der Waals surface area contributed by atoms with Gasteiger partial charge in [-0.3, -0.25) is 9.59 Å². The van der Waals surface area contributed by atoms with Gasteiger partial charge >= 0.3 is 0 Å². The third-order valence-corrected chi connectivity index (χ3v) is 3.15. The van der Waals surface area contributed by atoms with Gasteiger partial charge in [0.1, 0.15) is 0 Å². The summed E-state index contributed by atoms with van der Waals surface area (Å²) in [6.07, 6.45) is 1.15. The van der Waals surface area contributed by atoms with Gasteiger partial charge in [-0.1, -0.05) is 0 Å². The number of aromatic nitrogens is 1. The van der Waals surface area contributed by atoms with Crippen LogP contribution in [0.1, 0.15) is 33.1 Å². The molecular formula is C15H19N3O3S. The van der Waals surface area contributed by atoms with Gasteiger partial charge in [-0.2, -0.15) is 0 Å². The molecule has 0 aliphatic rings. The van der Waals surface area contributed by atoms with Crippen LogP contribution in [-0.4, -0.2) is 22.8 Å². The molecule has 2 aromatic rings. The van der Waals surface area contributed by atoms with E-state index in [1.165, 1.54) is 0 Å². The second-order valence-corrected chi connectivity index (χ2v) is 5.72. The molecule has 0 radical (unpaired) electrons. The molecule has 0 aliphatic carbocycles. The summed E-state index contributed by atoms with van der Waals surface area (Å²) in [4.78, 5) is 26.5. The molecule has 2 amide bonds. The summed E-state index contributed by atoms with van der Waals surface area (Å²) in [5.41, 5.74) is 2.02. The third kappa shape index (κ3) is 4.70. The van der Waals surface area contributed by atoms with Crippen LogP contribution in [0.2, 0.25) is 0 Å². The van der Waals surface area contributed by atoms with Crippen LogP contribution in [0.3, 0.4) is 0 Å². The van der Waals surface area contributed by atoms with E-state index in [1.807, 2.05) is 13.8 Å². The summed E-state index contributed by atoms with van der Waals surface area (Å²) in [6, 6.07) is 5.39. The van der Waals surface area contributed by atoms with E-state index in [2.05, 4.69) is 15.6 Å². The molecule has 1 aromatic heterocycles. The lowest BCUT2D eigenvalue weighted by atomic mass is 10.2. The first-order valence-electron chi connectivity index (χ1n) is 7.16. The number of carbonyl (C=O) groups excluding carboxylic acids is 2. The fraction of sp³-hybridized carbons (Fsp3) is 0.400. The smallest absolute Gasteiger partial charge is 0.266 e. The minimum absolute atomic E-state index is 0.0340. The number of carbonyl (C=O) groups is 2. The van der Waals surface area contributed by atoms with Crippen LogP contribution in [-0.2, 0) is 9.59 Å². The van der Waals surface area contributed by atoms with Crippen molar-refractivity contribution in [3.05, 3.63) is 23.0 Å². The summed E-state index contributed by atoms with van der Waals surface area (Å²) >= 11 is 4.91. The minimum Gasteiger partial charge on any atom is -0.429 e. The molecule has 118 valence electrons. The molecule has 0 saturated carbocycles. The number of hydrogen-bond acceptors (Lipinski definition) is 4. The van der Waals surface area contributed by atoms with Crippen LogP contribution in [0.15, 0.2) is 22.6 Å². The normalized spacial score (nSPS) is 10.9. The zero-order chi connectivity index (χ0) is 16.1. The number of aromatic amines is 1. The molecule has 0 saturated heterocycles. The Morgan fingerprint density at radius 2 is 2.00 bits per heavy atom. The lowest BCUT2D eigenvalue weighted by Crippen LogP contribution is -2.29. The summed E-state index contributed by atoms with van der Waals surface area (Å²) in [7, 11) is 0. The molecule has 1 heterocycles. The highest BCUT2D eigenvalue weighted by Gasteiger charge is 2.08. The summed E-state index contributed by atoms with van der Waals surface area (Å²) < 4.78 is 5.29. The molecule has 0 aliphatic heterocycles. The number of fused-ring (bicyclic) bond motifs is 1. The van der Waals surface area contributed by atoms with Gasteiger partial charge in [0.05, 0.1) is 5.52 Å². The van der Waals surface area contributed by atoms with Gasteiger partial charge in [0, 0.05) is 30.6 Å². The Morgan fingerprint density at radius 1 is 1.27 bits per heavy atom. The van der Waals surface area contributed by atoms with Crippen molar-refractivity contribution < 1.29 is 14.0 Å². The van der Waals surface area contributed by atoms with Crippen molar-refractivity contribution in [2.45, 2.75) is 39.2 Å². The van der Waals surface area contributed by atoms with Gasteiger partial charge in [0.2, 0.25) is 11.8 Å². The van der Waals surface area contributed by atoms with Crippen molar-refractivity contribution in [3.63, 3.8) is 0 Å². The van der Waals surface area contributed by atoms with Crippen LogP contribution >= 0.6 is 12.2 Å². The highest BCUT2D eigenvalue weighted by atomic mass is 32.1. The van der Waals surface area contributed by atoms with E-state index in [1.54, 1.807) is 18.2 Å². The molecule has 1 aromatic carbocycles. The molecule has 0 spiro atoms. The standard InChI is InChI=1S/C15H19N3O3S/c1-9(2)16-13(19)4-3-5-14(20)17-10-6-7-11-12(8-10)21-15(22)18-11/h6-9H,3-5H2,1-2H3,(H,16,19)(H,17,20)(H,18,22). The molecule has 6 nitrogen and oxygen atoms in total. The third-order valence-electron chi connectivity index (χ3n) is 2.96. The number of benzene rings is 1. The fourth-order valence-corrected chi connectivity index (χ4v) is 2.25. The first-order chi connectivity index (χ1) is 10.4. The van der Waals surface area contributed by atoms with Crippen LogP contribution < -0.4 is 10.6 Å². The molecule has 3 N–H and O–H groups in total. The van der Waals surface area contributed by atoms with Crippen molar-refractivity contribution in [2.75, 3.05) is 5.32 Å². The van der Waals surface area contributed by atoms with E-state index in [-0.39, 0.29) is 17.9 Å². The van der Waals surface area contributed by atoms with Gasteiger partial charge in [0.15, 0.2) is 5.58 Å². The van der Waals surface area contributed by atoms with Crippen molar-refractivity contribution in [3.8, 4) is 0 Å². The molecule has 22 heavy (non-hydrogen) atoms. The Kier molecular flexibility index (Phi) is 5.32. The number of oxazole rings is 1. The molecule has 0 atom stereocenters. The molecule has 0 fully saturated rings. The molecule has 2 rings (SSSR count). The Balaban J connectivity index is 1.83. The average molecular weight is 321 g/mol. The fourth-order valence-electron chi connectivity index (χ4n) is 2.05. The minimum atomic E-state index is -0.133. The van der Waals surface area contributed by atoms with Crippen LogP contribution in [0, 0.1) is 4.84 Å². The Bertz CT molecular complexity index is 733. The Morgan fingerprint density at radius 3 is 2.73 bits per heavy atom. The maximum Gasteiger partial charge on any atom is 0.266 e. The van der Waals surface area contributed by atoms with Crippen molar-refractivity contribution in [1.29, 1.82) is 0 Å². The van der Waals surface area contributed by atoms with E-state index in [4.69, 9.17) is 16.6 Å². The average Bonchev–Trinajstić information content (AvgIpc) is 2.77. The number of anilines is 1. The zero-order valence-corrected chi connectivity index (χ0v) is 13.4. The van der Waals surface area contributed by atoms with Gasteiger partial charge in [-0.25, -0.2) is 0 Å². The van der Waals surface area contributed by atoms with Gasteiger partial charge in [-0.15, -0.1) is 0 Å². The zero-order valence-electron chi connectivity index (χ0n) is 12.6. The lowest BCUT2D eigenvalue weighted by Gasteiger charge is -2.08. The number of amides is 2. The van der Waals surface area contributed by atoms with E-state index >= 15 is 0 Å². The molecule has 0 unspecified atom stereocenters. The highest BCUT2D eigenvalue weighted by molar-refractivity contribution is 7.71. The first-order valence-corrected chi connectivity index (χ1v) is 7.57. The van der Waals surface area contributed by atoms with Crippen molar-refractivity contribution >= 4 is 40.8 Å². The molecular weight excluding hydrogens is 302 g/mol. The van der Waals surface area contributed by atoms with Gasteiger partial charge in [0.25, 0.3) is 4.84 Å². The summed E-state index contributed by atoms with van der Waals surface area (Å²) in [5.74, 6) is -0.167. The van der Waals surface area contributed by atoms with Gasteiger partial charge < -0.3 is 20.0 Å². The van der Waals surface area contributed by atoms with Crippen LogP contribution in [0.4, 0.5) is 5.69 Å². The summed E-state index contributed by atoms with van der Waals surface area (Å²) in [6.45, 7) is 3.81. The topological polar surface area (TPSA) is 87.1 Å². The van der Waals surface area contributed by atoms with E-state index < -0.39 is 0 Å².